The number of primary amides is 1. The lowest BCUT2D eigenvalue weighted by atomic mass is 9.83. The van der Waals surface area contributed by atoms with Crippen molar-refractivity contribution in [3.63, 3.8) is 0 Å². The van der Waals surface area contributed by atoms with Gasteiger partial charge in [-0.05, 0) is 146 Å². The number of allylic oxidation sites excluding steroid dienone is 3. The number of esters is 1. The third kappa shape index (κ3) is 30.3. The van der Waals surface area contributed by atoms with Gasteiger partial charge in [0.1, 0.15) is 88.8 Å². The highest BCUT2D eigenvalue weighted by Gasteiger charge is 2.65. The number of amides is 13. The van der Waals surface area contributed by atoms with Crippen LogP contribution in [-0.2, 0) is 97.4 Å². The molecule has 37 nitrogen and oxygen atoms in total. The Hall–Kier alpha value is -10.3. The van der Waals surface area contributed by atoms with Gasteiger partial charge in [0.05, 0.1) is 37.5 Å². The number of hydrogen-bond donors (Lipinski definition) is 17. The molecule has 4 bridgehead atoms. The number of halogens is 1. The molecule has 5 aromatic rings. The number of likely N-dealkylation sites (N-methyl/N-ethyl adjacent to an activating group) is 1. The van der Waals surface area contributed by atoms with Crippen LogP contribution in [0.3, 0.4) is 0 Å². The number of nitrogens with zero attached hydrogens (tertiary/aromatic N) is 2. The molecule has 42 heteroatoms. The zero-order valence-electron chi connectivity index (χ0n) is 77.1. The van der Waals surface area contributed by atoms with Gasteiger partial charge in [-0.1, -0.05) is 159 Å². The topological polar surface area (TPSA) is 553 Å². The molecule has 0 saturated carbocycles. The lowest BCUT2D eigenvalue weighted by Gasteiger charge is -2.42. The minimum atomic E-state index is -1.97. The number of aromatic hydroxyl groups is 1. The summed E-state index contributed by atoms with van der Waals surface area (Å²) in [6, 6.07) is 11.0. The highest BCUT2D eigenvalue weighted by molar-refractivity contribution is 8.77. The molecule has 0 unspecified atom stereocenters. The predicted molar refractivity (Wildman–Crippen MR) is 514 cm³/mol. The molecule has 13 amide bonds. The Balaban J connectivity index is 0.947. The van der Waals surface area contributed by atoms with Crippen molar-refractivity contribution in [2.75, 3.05) is 70.1 Å². The second-order valence-corrected chi connectivity index (χ2v) is 40.7. The molecule has 1 aromatic heterocycles. The fourth-order valence-electron chi connectivity index (χ4n) is 15.8. The fraction of sp³-hybridized carbons (Fsp3) is 0.533. The number of urea groups is 1. The number of epoxide rings is 1. The molecule has 134 heavy (non-hydrogen) atoms. The first-order valence-corrected chi connectivity index (χ1v) is 49.7. The van der Waals surface area contributed by atoms with Gasteiger partial charge < -0.3 is 119 Å². The lowest BCUT2D eigenvalue weighted by molar-refractivity contribution is -0.162. The van der Waals surface area contributed by atoms with Crippen molar-refractivity contribution >= 4 is 149 Å². The predicted octanol–water partition coefficient (Wildman–Crippen LogP) is 4.95. The molecule has 4 aliphatic rings. The number of aromatic amines is 1. The van der Waals surface area contributed by atoms with Crippen molar-refractivity contribution in [3.05, 3.63) is 148 Å². The van der Waals surface area contributed by atoms with Crippen molar-refractivity contribution in [3.8, 4) is 11.5 Å². The van der Waals surface area contributed by atoms with Gasteiger partial charge in [-0.2, -0.15) is 0 Å². The van der Waals surface area contributed by atoms with E-state index in [0.717, 1.165) is 79.3 Å². The second-order valence-electron chi connectivity index (χ2n) is 34.7. The molecule has 17 atom stereocenters. The molecule has 9 rings (SSSR count). The number of hydrogen-bond acceptors (Lipinski definition) is 27. The molecule has 4 aliphatic heterocycles. The third-order valence-electron chi connectivity index (χ3n) is 24.0. The molecular formula is C92H127ClN16O21S4. The number of phenols is 1. The van der Waals surface area contributed by atoms with E-state index in [-0.39, 0.29) is 91.6 Å². The normalized spacial score (nSPS) is 25.2. The van der Waals surface area contributed by atoms with Crippen LogP contribution in [-0.4, -0.2) is 269 Å². The summed E-state index contributed by atoms with van der Waals surface area (Å²) in [7, 11) is 9.70. The summed E-state index contributed by atoms with van der Waals surface area (Å²) < 4.78 is 28.5. The summed E-state index contributed by atoms with van der Waals surface area (Å²) >= 11 is 6.92. The first-order valence-electron chi connectivity index (χ1n) is 44.5. The first kappa shape index (κ1) is 107. The van der Waals surface area contributed by atoms with E-state index in [9.17, 15) is 53.7 Å². The van der Waals surface area contributed by atoms with E-state index in [1.165, 1.54) is 71.3 Å². The largest absolute Gasteiger partial charge is 0.508 e. The van der Waals surface area contributed by atoms with Gasteiger partial charge >= 0.3 is 18.1 Å². The van der Waals surface area contributed by atoms with Gasteiger partial charge in [0, 0.05) is 105 Å². The number of para-hydroxylation sites is 1. The van der Waals surface area contributed by atoms with Gasteiger partial charge in [0.15, 0.2) is 5.72 Å². The summed E-state index contributed by atoms with van der Waals surface area (Å²) in [5.41, 5.74) is 19.1. The average Bonchev–Trinajstić information content (AvgIpc) is 1.57. The van der Waals surface area contributed by atoms with E-state index in [4.69, 9.17) is 52.5 Å². The number of carbonyl (C=O) groups is 13. The van der Waals surface area contributed by atoms with Crippen molar-refractivity contribution in [2.45, 2.75) is 239 Å². The molecule has 5 heterocycles. The van der Waals surface area contributed by atoms with Crippen LogP contribution in [0.2, 0.25) is 5.02 Å². The number of alkyl carbamates (subject to hydrolysis) is 1. The summed E-state index contributed by atoms with van der Waals surface area (Å²) in [5.74, 6) is -11.0. The van der Waals surface area contributed by atoms with E-state index < -0.39 is 196 Å². The van der Waals surface area contributed by atoms with Crippen LogP contribution in [0.1, 0.15) is 135 Å². The standard InChI is InChI=1S/C92H127ClN16O21S4/c1-51-24-23-30-71(127-11)92(125)47-70(128-89(124)107-92)52(2)78-91(7,130-78)72(46-74(113)109(9)68-43-57(40-51)44-69(126-10)75(68)93)129-87(122)53(3)108(8)73(112)35-39-131-134-90(5,6)77(79(96)114)106-85(120)67-50-133-132-49-66(103-80(115)61(95)41-55-25-15-14-16-26-55)84(119)101-64(42-56-31-33-59(111)34-32-56)82(117)102-65(45-58-48-99-62-28-18-17-27-60(58)62)83(118)100-63(81(116)105-76(54(4)110)86(121)104-67)29-19-22-38-98-88(123)97-37-21-13-12-20-36-94/h14-18,23-28,30-34,43-44,48,52-54,61,63-67,70-72,76-78,99,110-111,125H,12-13,19-22,29,35-42,45-47,49-50,94-95H2,1-11H3,(H2,96,114)(H,100,118)(H,101,119)(H,102,117)(H,103,115)(H,104,121)(H,105,116)(H,106,120)(H,107,124)(H2,97,98,123)/b30-23+,51-24+/t52-,53+,54-,61-,63+,64+,65-,66+,67+,70+,71-,72+,76+,77-,78+,91+,92+/m1/s1. The fourth-order valence-corrected chi connectivity index (χ4v) is 21.1. The molecule has 20 N–H and O–H groups in total. The Labute approximate surface area is 800 Å². The molecule has 0 radical (unpaired) electrons. The zero-order chi connectivity index (χ0) is 97.9. The number of carbonyl (C=O) groups excluding carboxylic acids is 13. The quantitative estimate of drug-likeness (QED) is 0.0112. The van der Waals surface area contributed by atoms with Gasteiger partial charge in [-0.3, -0.25) is 53.3 Å². The van der Waals surface area contributed by atoms with Crippen LogP contribution >= 0.6 is 54.8 Å². The number of fused-ring (bicyclic) bond motifs is 6. The number of rotatable bonds is 34. The Morgan fingerprint density at radius 2 is 1.46 bits per heavy atom. The molecular weight excluding hydrogens is 1830 g/mol. The van der Waals surface area contributed by atoms with Crippen LogP contribution in [0.25, 0.3) is 10.9 Å². The van der Waals surface area contributed by atoms with Gasteiger partial charge in [0.2, 0.25) is 59.1 Å². The highest BCUT2D eigenvalue weighted by Crippen LogP contribution is 2.50. The minimum absolute atomic E-state index is 0.0299. The first-order chi connectivity index (χ1) is 63.7. The lowest BCUT2D eigenvalue weighted by Crippen LogP contribution is -2.63. The Kier molecular flexibility index (Phi) is 40.4. The Bertz CT molecular complexity index is 5000. The summed E-state index contributed by atoms with van der Waals surface area (Å²) in [6.07, 6.45) is 2.49. The third-order valence-corrected chi connectivity index (χ3v) is 30.1. The summed E-state index contributed by atoms with van der Waals surface area (Å²) in [6.45, 7) is 12.1. The number of methoxy groups -OCH3 is 2. The summed E-state index contributed by atoms with van der Waals surface area (Å²) in [5, 5.41) is 61.9. The molecule has 732 valence electrons. The number of H-pyrrole nitrogens is 1. The molecule has 4 aromatic carbocycles. The monoisotopic (exact) mass is 1950 g/mol. The van der Waals surface area contributed by atoms with Gasteiger partial charge in [0.25, 0.3) is 0 Å². The molecule has 3 fully saturated rings. The van der Waals surface area contributed by atoms with E-state index in [2.05, 4.69) is 58.2 Å². The number of nitrogens with one attached hydrogen (secondary N) is 11. The Morgan fingerprint density at radius 3 is 2.14 bits per heavy atom. The van der Waals surface area contributed by atoms with E-state index in [0.29, 0.717) is 52.7 Å². The Morgan fingerprint density at radius 1 is 0.813 bits per heavy atom. The molecule has 0 spiro atoms. The van der Waals surface area contributed by atoms with E-state index in [1.807, 2.05) is 13.0 Å². The second kappa shape index (κ2) is 50.5. The minimum Gasteiger partial charge on any atom is -0.508 e. The molecule has 0 aliphatic carbocycles. The SMILES string of the molecule is COc1cc2cc(c1Cl)N(C)C(=O)C[C@H](OC(=O)[C@H](C)N(C)C(=O)CCSSC(C)(C)[C@H](NC(=O)[C@@H]1CSSC[C@H](NC(=O)[C@H](N)Cc3ccccc3)C(=O)N[C@@H](Cc3ccc(O)cc3)C(=O)N[C@H](Cc3c[nH]c4ccccc34)C(=O)N[C@@H](CCCCNC(=O)NCCCCCCN)C(=O)N[C@@H]([C@@H](C)O)C(=O)N1)C(N)=O)[C@]1(C)O[C@H]1[C@H](C)[C@@H]1C[C@@](O)(NC(=O)O1)[C@H](OC)/C=C/C=C(\C)C2. The number of anilines is 1. The van der Waals surface area contributed by atoms with Crippen LogP contribution in [0, 0.1) is 5.92 Å². The number of aliphatic hydroxyl groups is 2. The number of aromatic nitrogens is 1. The number of unbranched alkanes of at least 4 members (excludes halogenated alkanes) is 4. The van der Waals surface area contributed by atoms with Gasteiger partial charge in [-0.25, -0.2) is 14.4 Å². The maximum Gasteiger partial charge on any atom is 0.409 e. The number of aliphatic hydroxyl groups excluding tert-OH is 1. The van der Waals surface area contributed by atoms with Crippen LogP contribution in [0.5, 0.6) is 11.5 Å². The van der Waals surface area contributed by atoms with Crippen LogP contribution < -0.4 is 80.0 Å². The average molecular weight is 1960 g/mol. The van der Waals surface area contributed by atoms with Crippen LogP contribution in [0.15, 0.2) is 121 Å². The maximum absolute atomic E-state index is 15.3. The summed E-state index contributed by atoms with van der Waals surface area (Å²) in [4.78, 5) is 195. The van der Waals surface area contributed by atoms with Crippen LogP contribution in [0.4, 0.5) is 15.3 Å². The van der Waals surface area contributed by atoms with Crippen molar-refractivity contribution in [1.82, 2.24) is 63.1 Å². The highest BCUT2D eigenvalue weighted by atomic mass is 35.5. The number of benzene rings is 4. The number of ether oxygens (including phenoxy) is 5. The van der Waals surface area contributed by atoms with Gasteiger partial charge in [-0.15, -0.1) is 0 Å². The van der Waals surface area contributed by atoms with E-state index in [1.54, 1.807) is 113 Å². The van der Waals surface area contributed by atoms with Crippen molar-refractivity contribution in [1.29, 1.82) is 0 Å². The van der Waals surface area contributed by atoms with E-state index >= 15 is 24.0 Å². The number of nitrogens with two attached hydrogens (primary N) is 3. The molecule has 3 saturated heterocycles. The smallest absolute Gasteiger partial charge is 0.409 e. The number of phenolic OH excluding ortho intramolecular Hbond substituents is 1. The zero-order valence-corrected chi connectivity index (χ0v) is 81.1. The maximum atomic E-state index is 15.3. The van der Waals surface area contributed by atoms with Crippen molar-refractivity contribution < 1.29 is 101 Å². The van der Waals surface area contributed by atoms with Crippen molar-refractivity contribution in [2.24, 2.45) is 23.1 Å².